The predicted octanol–water partition coefficient (Wildman–Crippen LogP) is 7.45. The molecule has 6 aromatic rings. The van der Waals surface area contributed by atoms with E-state index in [0.717, 1.165) is 75.4 Å². The van der Waals surface area contributed by atoms with Crippen molar-refractivity contribution >= 4 is 39.5 Å². The molecule has 0 spiro atoms. The fourth-order valence-electron chi connectivity index (χ4n) is 7.33. The lowest BCUT2D eigenvalue weighted by molar-refractivity contribution is -0.147. The molecule has 3 aromatic carbocycles. The largest absolute Gasteiger partial charge is 0.481 e. The second-order valence-electron chi connectivity index (χ2n) is 13.5. The summed E-state index contributed by atoms with van der Waals surface area (Å²) in [5.41, 5.74) is 10.4. The van der Waals surface area contributed by atoms with Crippen molar-refractivity contribution in [2.45, 2.75) is 39.8 Å². The minimum atomic E-state index is -0.771. The number of carboxylic acids is 1. The number of anilines is 2. The van der Waals surface area contributed by atoms with Gasteiger partial charge in [0.15, 0.2) is 11.4 Å². The molecule has 2 N–H and O–H groups in total. The SMILES string of the molecule is Cc1c(Nc2nccc3cc(CN4CCCC4)cnc23)cccc1-c1cccc(-c2nc3cc(CN4CC(C(=O)O)C4)cc(C#N)c3o2)c1C. The summed E-state index contributed by atoms with van der Waals surface area (Å²) < 4.78 is 6.26. The molecule has 0 radical (unpaired) electrons. The summed E-state index contributed by atoms with van der Waals surface area (Å²) in [5.74, 6) is 0.0563. The summed E-state index contributed by atoms with van der Waals surface area (Å²) in [5, 5.41) is 23.8. The molecule has 0 saturated carbocycles. The fraction of sp³-hybridized carbons (Fsp3) is 0.275. The normalized spacial score (nSPS) is 15.4. The lowest BCUT2D eigenvalue weighted by Crippen LogP contribution is -2.49. The van der Waals surface area contributed by atoms with E-state index in [-0.39, 0.29) is 5.92 Å². The maximum absolute atomic E-state index is 11.2. The highest BCUT2D eigenvalue weighted by molar-refractivity contribution is 5.91. The van der Waals surface area contributed by atoms with E-state index in [4.69, 9.17) is 14.4 Å². The fourth-order valence-corrected chi connectivity index (χ4v) is 7.33. The first kappa shape index (κ1) is 31.6. The first-order valence-electron chi connectivity index (χ1n) is 17.1. The second-order valence-corrected chi connectivity index (χ2v) is 13.5. The number of fused-ring (bicyclic) bond motifs is 2. The van der Waals surface area contributed by atoms with Gasteiger partial charge >= 0.3 is 5.97 Å². The van der Waals surface area contributed by atoms with Gasteiger partial charge in [-0.15, -0.1) is 0 Å². The highest BCUT2D eigenvalue weighted by Crippen LogP contribution is 2.38. The average molecular weight is 664 g/mol. The van der Waals surface area contributed by atoms with E-state index < -0.39 is 5.97 Å². The molecule has 5 heterocycles. The number of nitriles is 1. The lowest BCUT2D eigenvalue weighted by atomic mass is 9.93. The zero-order valence-corrected chi connectivity index (χ0v) is 28.1. The molecule has 0 aliphatic carbocycles. The Kier molecular flexibility index (Phi) is 8.23. The van der Waals surface area contributed by atoms with E-state index >= 15 is 0 Å². The molecule has 2 fully saturated rings. The summed E-state index contributed by atoms with van der Waals surface area (Å²) in [6.07, 6.45) is 6.34. The number of nitrogens with zero attached hydrogens (tertiary/aromatic N) is 6. The van der Waals surface area contributed by atoms with Crippen molar-refractivity contribution in [2.24, 2.45) is 5.92 Å². The van der Waals surface area contributed by atoms with Gasteiger partial charge in [-0.3, -0.25) is 19.6 Å². The van der Waals surface area contributed by atoms with E-state index in [1.165, 1.54) is 18.4 Å². The highest BCUT2D eigenvalue weighted by atomic mass is 16.4. The molecule has 10 nitrogen and oxygen atoms in total. The van der Waals surface area contributed by atoms with Crippen LogP contribution in [0.1, 0.15) is 40.7 Å². The zero-order valence-electron chi connectivity index (χ0n) is 28.1. The van der Waals surface area contributed by atoms with E-state index in [2.05, 4.69) is 64.3 Å². The Morgan fingerprint density at radius 2 is 1.68 bits per heavy atom. The Labute approximate surface area is 290 Å². The van der Waals surface area contributed by atoms with E-state index in [0.29, 0.717) is 42.2 Å². The van der Waals surface area contributed by atoms with E-state index in [1.54, 1.807) is 0 Å². The van der Waals surface area contributed by atoms with Crippen LogP contribution < -0.4 is 5.32 Å². The minimum absolute atomic E-state index is 0.340. The molecule has 2 saturated heterocycles. The number of aromatic nitrogens is 3. The van der Waals surface area contributed by atoms with Gasteiger partial charge in [-0.05, 0) is 110 Å². The number of carboxylic acid groups (broad SMARTS) is 1. The Morgan fingerprint density at radius 1 is 0.940 bits per heavy atom. The molecule has 3 aromatic heterocycles. The van der Waals surface area contributed by atoms with Crippen LogP contribution in [0.2, 0.25) is 0 Å². The van der Waals surface area contributed by atoms with Gasteiger partial charge in [-0.2, -0.15) is 5.26 Å². The molecular weight excluding hydrogens is 626 g/mol. The monoisotopic (exact) mass is 663 g/mol. The number of carbonyl (C=O) groups is 1. The number of aliphatic carboxylic acids is 1. The Balaban J connectivity index is 1.07. The van der Waals surface area contributed by atoms with Crippen molar-refractivity contribution in [2.75, 3.05) is 31.5 Å². The minimum Gasteiger partial charge on any atom is -0.481 e. The molecule has 250 valence electrons. The zero-order chi connectivity index (χ0) is 34.4. The number of benzene rings is 3. The molecule has 0 bridgehead atoms. The first-order chi connectivity index (χ1) is 24.3. The number of hydrogen-bond acceptors (Lipinski definition) is 9. The summed E-state index contributed by atoms with van der Waals surface area (Å²) in [7, 11) is 0. The quantitative estimate of drug-likeness (QED) is 0.161. The number of nitrogens with one attached hydrogen (secondary N) is 1. The number of hydrogen-bond donors (Lipinski definition) is 2. The van der Waals surface area contributed by atoms with Crippen molar-refractivity contribution in [3.63, 3.8) is 0 Å². The van der Waals surface area contributed by atoms with Gasteiger partial charge in [-0.1, -0.05) is 24.3 Å². The van der Waals surface area contributed by atoms with Gasteiger partial charge in [0, 0.05) is 55.2 Å². The van der Waals surface area contributed by atoms with Crippen LogP contribution in [0.25, 0.3) is 44.6 Å². The van der Waals surface area contributed by atoms with Gasteiger partial charge < -0.3 is 14.8 Å². The summed E-state index contributed by atoms with van der Waals surface area (Å²) >= 11 is 0. The number of likely N-dealkylation sites (tertiary alicyclic amines) is 2. The molecule has 2 aliphatic rings. The summed E-state index contributed by atoms with van der Waals surface area (Å²) in [6.45, 7) is 8.94. The van der Waals surface area contributed by atoms with Crippen LogP contribution in [0.3, 0.4) is 0 Å². The van der Waals surface area contributed by atoms with Crippen molar-refractivity contribution in [1.29, 1.82) is 5.26 Å². The van der Waals surface area contributed by atoms with Crippen molar-refractivity contribution in [1.82, 2.24) is 24.8 Å². The Morgan fingerprint density at radius 3 is 2.46 bits per heavy atom. The van der Waals surface area contributed by atoms with Crippen LogP contribution in [-0.4, -0.2) is 62.0 Å². The van der Waals surface area contributed by atoms with Gasteiger partial charge in [0.2, 0.25) is 5.89 Å². The van der Waals surface area contributed by atoms with E-state index in [9.17, 15) is 15.2 Å². The van der Waals surface area contributed by atoms with Gasteiger partial charge in [-0.25, -0.2) is 9.97 Å². The third kappa shape index (κ3) is 5.95. The summed E-state index contributed by atoms with van der Waals surface area (Å²) in [6, 6.07) is 22.6. The van der Waals surface area contributed by atoms with Gasteiger partial charge in [0.25, 0.3) is 0 Å². The van der Waals surface area contributed by atoms with Crippen molar-refractivity contribution < 1.29 is 14.3 Å². The first-order valence-corrected chi connectivity index (χ1v) is 17.1. The standard InChI is InChI=1S/C40H37N7O3/c1-24-31(7-5-9-33(24)39-45-35-17-26(15-29(18-41)37(35)50-39)20-47-22-30(23-47)40(48)49)32-8-6-10-34(25(32)2)44-38-36-28(11-12-42-38)16-27(19-43-36)21-46-13-3-4-14-46/h5-12,15-17,19,30H,3-4,13-14,20-23H2,1-2H3,(H,42,44)(H,48,49). The lowest BCUT2D eigenvalue weighted by Gasteiger charge is -2.36. The average Bonchev–Trinajstić information content (AvgIpc) is 3.77. The maximum atomic E-state index is 11.2. The van der Waals surface area contributed by atoms with Crippen LogP contribution in [0.4, 0.5) is 11.5 Å². The number of rotatable bonds is 9. The molecule has 0 unspecified atom stereocenters. The number of oxazole rings is 1. The molecular formula is C40H37N7O3. The highest BCUT2D eigenvalue weighted by Gasteiger charge is 2.32. The molecule has 0 amide bonds. The van der Waals surface area contributed by atoms with Gasteiger partial charge in [0.05, 0.1) is 11.5 Å². The second kappa shape index (κ2) is 13.0. The third-order valence-electron chi connectivity index (χ3n) is 10.1. The van der Waals surface area contributed by atoms with Crippen molar-refractivity contribution in [3.05, 3.63) is 101 Å². The molecule has 0 atom stereocenters. The molecule has 8 rings (SSSR count). The summed E-state index contributed by atoms with van der Waals surface area (Å²) in [4.78, 5) is 30.1. The van der Waals surface area contributed by atoms with Crippen LogP contribution in [0.5, 0.6) is 0 Å². The van der Waals surface area contributed by atoms with E-state index in [1.807, 2.05) is 48.8 Å². The Hall–Kier alpha value is -5.63. The number of pyridine rings is 2. The van der Waals surface area contributed by atoms with Crippen LogP contribution >= 0.6 is 0 Å². The predicted molar refractivity (Wildman–Crippen MR) is 193 cm³/mol. The molecule has 50 heavy (non-hydrogen) atoms. The van der Waals surface area contributed by atoms with Crippen molar-refractivity contribution in [3.8, 4) is 28.7 Å². The van der Waals surface area contributed by atoms with Crippen LogP contribution in [0, 0.1) is 31.1 Å². The van der Waals surface area contributed by atoms with Gasteiger partial charge in [0.1, 0.15) is 17.1 Å². The molecule has 2 aliphatic heterocycles. The topological polar surface area (TPSA) is 131 Å². The Bertz CT molecular complexity index is 2310. The smallest absolute Gasteiger partial charge is 0.309 e. The third-order valence-corrected chi connectivity index (χ3v) is 10.1. The van der Waals surface area contributed by atoms with Crippen LogP contribution in [-0.2, 0) is 17.9 Å². The molecule has 10 heteroatoms. The van der Waals surface area contributed by atoms with Crippen LogP contribution in [0.15, 0.2) is 77.5 Å². The maximum Gasteiger partial charge on any atom is 0.309 e.